The molecule has 0 amide bonds. The van der Waals surface area contributed by atoms with Gasteiger partial charge >= 0.3 is 0 Å². The summed E-state index contributed by atoms with van der Waals surface area (Å²) in [5.74, 6) is 0.248. The molecule has 0 aliphatic carbocycles. The second-order valence-electron chi connectivity index (χ2n) is 4.72. The minimum Gasteiger partial charge on any atom is -0.349 e. The number of carbonyl (C=O) groups is 1. The van der Waals surface area contributed by atoms with Gasteiger partial charge in [-0.1, -0.05) is 41.9 Å². The molecule has 0 aliphatic rings. The third-order valence-electron chi connectivity index (χ3n) is 2.84. The van der Waals surface area contributed by atoms with Gasteiger partial charge in [0.15, 0.2) is 5.78 Å². The number of benzene rings is 1. The van der Waals surface area contributed by atoms with Gasteiger partial charge in [0.1, 0.15) is 0 Å². The quantitative estimate of drug-likeness (QED) is 0.778. The lowest BCUT2D eigenvalue weighted by Crippen LogP contribution is -2.06. The third-order valence-corrected chi connectivity index (χ3v) is 3.37. The molecule has 2 aromatic rings. The van der Waals surface area contributed by atoms with Crippen molar-refractivity contribution in [2.24, 2.45) is 5.92 Å². The highest BCUT2D eigenvalue weighted by Crippen LogP contribution is 2.13. The van der Waals surface area contributed by atoms with E-state index in [1.54, 1.807) is 0 Å². The van der Waals surface area contributed by atoms with Gasteiger partial charge in [-0.25, -0.2) is 0 Å². The van der Waals surface area contributed by atoms with Crippen molar-refractivity contribution in [3.05, 3.63) is 58.3 Å². The minimum atomic E-state index is 0.0496. The molecule has 94 valence electrons. The fourth-order valence-electron chi connectivity index (χ4n) is 1.82. The average Bonchev–Trinajstić information content (AvgIpc) is 2.79. The van der Waals surface area contributed by atoms with Crippen LogP contribution in [0.3, 0.4) is 0 Å². The standard InChI is InChI=1S/C15H16BrNO/c1-11(2)15(18)13-7-8-17(10-13)9-12-3-5-14(16)6-4-12/h3-8,10-11H,9H2,1-2H3. The molecule has 18 heavy (non-hydrogen) atoms. The molecule has 0 N–H and O–H groups in total. The second kappa shape index (κ2) is 5.53. The van der Waals surface area contributed by atoms with Gasteiger partial charge in [-0.15, -0.1) is 0 Å². The normalized spacial score (nSPS) is 10.9. The molecule has 0 radical (unpaired) electrons. The highest BCUT2D eigenvalue weighted by Gasteiger charge is 2.11. The zero-order chi connectivity index (χ0) is 13.1. The third kappa shape index (κ3) is 3.10. The van der Waals surface area contributed by atoms with Gasteiger partial charge in [0.25, 0.3) is 0 Å². The van der Waals surface area contributed by atoms with Gasteiger partial charge in [0.05, 0.1) is 0 Å². The Bertz CT molecular complexity index is 540. The van der Waals surface area contributed by atoms with Crippen LogP contribution in [0.4, 0.5) is 0 Å². The van der Waals surface area contributed by atoms with Gasteiger partial charge in [-0.3, -0.25) is 4.79 Å². The van der Waals surface area contributed by atoms with E-state index in [0.717, 1.165) is 16.6 Å². The van der Waals surface area contributed by atoms with E-state index in [4.69, 9.17) is 0 Å². The molecule has 1 aromatic heterocycles. The summed E-state index contributed by atoms with van der Waals surface area (Å²) in [6.45, 7) is 4.64. The monoisotopic (exact) mass is 305 g/mol. The first-order valence-electron chi connectivity index (χ1n) is 6.00. The lowest BCUT2D eigenvalue weighted by molar-refractivity contribution is 0.0939. The summed E-state index contributed by atoms with van der Waals surface area (Å²) < 4.78 is 3.12. The summed E-state index contributed by atoms with van der Waals surface area (Å²) in [4.78, 5) is 11.8. The number of hydrogen-bond donors (Lipinski definition) is 0. The van der Waals surface area contributed by atoms with Crippen molar-refractivity contribution >= 4 is 21.7 Å². The van der Waals surface area contributed by atoms with Crippen molar-refractivity contribution in [2.75, 3.05) is 0 Å². The second-order valence-corrected chi connectivity index (χ2v) is 5.63. The molecule has 0 saturated heterocycles. The molecular formula is C15H16BrNO. The first kappa shape index (κ1) is 13.1. The van der Waals surface area contributed by atoms with Crippen molar-refractivity contribution in [3.63, 3.8) is 0 Å². The van der Waals surface area contributed by atoms with Crippen LogP contribution in [0.5, 0.6) is 0 Å². The molecule has 0 spiro atoms. The van der Waals surface area contributed by atoms with E-state index >= 15 is 0 Å². The fraction of sp³-hybridized carbons (Fsp3) is 0.267. The number of aromatic nitrogens is 1. The molecule has 1 aromatic carbocycles. The lowest BCUT2D eigenvalue weighted by atomic mass is 10.0. The predicted octanol–water partition coefficient (Wildman–Crippen LogP) is 4.14. The van der Waals surface area contributed by atoms with Crippen LogP contribution in [0.2, 0.25) is 0 Å². The molecule has 3 heteroatoms. The molecule has 1 heterocycles. The van der Waals surface area contributed by atoms with Gasteiger partial charge < -0.3 is 4.57 Å². The van der Waals surface area contributed by atoms with Gasteiger partial charge in [-0.2, -0.15) is 0 Å². The Kier molecular flexibility index (Phi) is 4.02. The van der Waals surface area contributed by atoms with Crippen LogP contribution in [-0.4, -0.2) is 10.4 Å². The zero-order valence-corrected chi connectivity index (χ0v) is 12.1. The summed E-state index contributed by atoms with van der Waals surface area (Å²) in [6.07, 6.45) is 3.88. The topological polar surface area (TPSA) is 22.0 Å². The fourth-order valence-corrected chi connectivity index (χ4v) is 2.08. The van der Waals surface area contributed by atoms with Crippen LogP contribution in [0.25, 0.3) is 0 Å². The summed E-state index contributed by atoms with van der Waals surface area (Å²) in [7, 11) is 0. The molecule has 0 unspecified atom stereocenters. The Balaban J connectivity index is 2.11. The van der Waals surface area contributed by atoms with E-state index in [1.807, 2.05) is 49.0 Å². The van der Waals surface area contributed by atoms with E-state index in [9.17, 15) is 4.79 Å². The molecule has 0 saturated carbocycles. The molecule has 2 nitrogen and oxygen atoms in total. The SMILES string of the molecule is CC(C)C(=O)c1ccn(Cc2ccc(Br)cc2)c1. The van der Waals surface area contributed by atoms with E-state index in [1.165, 1.54) is 5.56 Å². The summed E-state index contributed by atoms with van der Waals surface area (Å²) in [6, 6.07) is 10.1. The van der Waals surface area contributed by atoms with Gasteiger partial charge in [0.2, 0.25) is 0 Å². The number of halogens is 1. The first-order chi connectivity index (χ1) is 8.56. The van der Waals surface area contributed by atoms with E-state index in [2.05, 4.69) is 28.1 Å². The Hall–Kier alpha value is -1.35. The maximum atomic E-state index is 11.8. The van der Waals surface area contributed by atoms with Crippen molar-refractivity contribution in [1.29, 1.82) is 0 Å². The molecule has 0 bridgehead atoms. The average molecular weight is 306 g/mol. The molecule has 0 aliphatic heterocycles. The number of rotatable bonds is 4. The van der Waals surface area contributed by atoms with Crippen LogP contribution in [0.1, 0.15) is 29.8 Å². The highest BCUT2D eigenvalue weighted by atomic mass is 79.9. The van der Waals surface area contributed by atoms with Crippen molar-refractivity contribution < 1.29 is 4.79 Å². The number of Topliss-reactive ketones (excluding diaryl/α,β-unsaturated/α-hetero) is 1. The highest BCUT2D eigenvalue weighted by molar-refractivity contribution is 9.10. The Morgan fingerprint density at radius 3 is 2.50 bits per heavy atom. The molecule has 0 atom stereocenters. The van der Waals surface area contributed by atoms with Crippen molar-refractivity contribution in [3.8, 4) is 0 Å². The van der Waals surface area contributed by atoms with Gasteiger partial charge in [0, 0.05) is 34.9 Å². The Morgan fingerprint density at radius 1 is 1.22 bits per heavy atom. The summed E-state index contributed by atoms with van der Waals surface area (Å²) in [5, 5.41) is 0. The van der Waals surface area contributed by atoms with E-state index in [0.29, 0.717) is 0 Å². The van der Waals surface area contributed by atoms with Crippen molar-refractivity contribution in [1.82, 2.24) is 4.57 Å². The summed E-state index contributed by atoms with van der Waals surface area (Å²) in [5.41, 5.74) is 2.01. The van der Waals surface area contributed by atoms with E-state index in [-0.39, 0.29) is 11.7 Å². The van der Waals surface area contributed by atoms with Crippen LogP contribution in [0.15, 0.2) is 47.2 Å². The van der Waals surface area contributed by atoms with Crippen LogP contribution in [-0.2, 0) is 6.54 Å². The van der Waals surface area contributed by atoms with Crippen molar-refractivity contribution in [2.45, 2.75) is 20.4 Å². The Morgan fingerprint density at radius 2 is 1.89 bits per heavy atom. The smallest absolute Gasteiger partial charge is 0.166 e. The predicted molar refractivity (Wildman–Crippen MR) is 76.8 cm³/mol. The first-order valence-corrected chi connectivity index (χ1v) is 6.80. The van der Waals surface area contributed by atoms with E-state index < -0.39 is 0 Å². The Labute approximate surface area is 116 Å². The minimum absolute atomic E-state index is 0.0496. The summed E-state index contributed by atoms with van der Waals surface area (Å²) >= 11 is 3.42. The van der Waals surface area contributed by atoms with Gasteiger partial charge in [-0.05, 0) is 23.8 Å². The number of carbonyl (C=O) groups excluding carboxylic acids is 1. The number of ketones is 1. The van der Waals surface area contributed by atoms with Crippen LogP contribution < -0.4 is 0 Å². The largest absolute Gasteiger partial charge is 0.349 e. The maximum absolute atomic E-state index is 11.8. The maximum Gasteiger partial charge on any atom is 0.166 e. The molecular weight excluding hydrogens is 290 g/mol. The number of nitrogens with zero attached hydrogens (tertiary/aromatic N) is 1. The lowest BCUT2D eigenvalue weighted by Gasteiger charge is -2.04. The van der Waals surface area contributed by atoms with Crippen LogP contribution >= 0.6 is 15.9 Å². The molecule has 0 fully saturated rings. The molecule has 2 rings (SSSR count). The van der Waals surface area contributed by atoms with Crippen LogP contribution in [0, 0.1) is 5.92 Å². The zero-order valence-electron chi connectivity index (χ0n) is 10.6. The number of hydrogen-bond acceptors (Lipinski definition) is 1.